The van der Waals surface area contributed by atoms with Gasteiger partial charge in [-0.3, -0.25) is 14.5 Å². The Bertz CT molecular complexity index is 1130. The third-order valence-corrected chi connectivity index (χ3v) is 6.49. The molecule has 3 aliphatic heterocycles. The number of carbonyl (C=O) groups excluding carboxylic acids is 2. The number of nitrogens with zero attached hydrogens (tertiary/aromatic N) is 4. The minimum absolute atomic E-state index is 0.0664. The van der Waals surface area contributed by atoms with Crippen LogP contribution in [0.25, 0.3) is 0 Å². The molecule has 2 bridgehead atoms. The first-order valence-electron chi connectivity index (χ1n) is 11.2. The van der Waals surface area contributed by atoms with Crippen molar-refractivity contribution in [2.24, 2.45) is 5.73 Å². The van der Waals surface area contributed by atoms with Crippen molar-refractivity contribution < 1.29 is 27.5 Å². The first kappa shape index (κ1) is 23.1. The average Bonchev–Trinajstić information content (AvgIpc) is 3.50. The van der Waals surface area contributed by atoms with Crippen LogP contribution in [0.5, 0.6) is 5.75 Å². The van der Waals surface area contributed by atoms with Crippen LogP contribution in [0.3, 0.4) is 0 Å². The maximum Gasteiger partial charge on any atom is 0.573 e. The smallest absolute Gasteiger partial charge is 0.406 e. The highest BCUT2D eigenvalue weighted by molar-refractivity contribution is 5.92. The van der Waals surface area contributed by atoms with E-state index in [1.807, 2.05) is 4.90 Å². The van der Waals surface area contributed by atoms with Crippen LogP contribution < -0.4 is 26.0 Å². The molecule has 2 aromatic rings. The minimum Gasteiger partial charge on any atom is -0.406 e. The number of ether oxygens (including phenoxy) is 1. The van der Waals surface area contributed by atoms with Gasteiger partial charge in [-0.1, -0.05) is 12.1 Å². The maximum absolute atomic E-state index is 12.4. The fourth-order valence-electron chi connectivity index (χ4n) is 4.89. The van der Waals surface area contributed by atoms with Gasteiger partial charge in [0.05, 0.1) is 0 Å². The second-order valence-corrected chi connectivity index (χ2v) is 8.90. The molecular weight excluding hydrogens is 467 g/mol. The number of amides is 2. The molecule has 3 aliphatic rings. The van der Waals surface area contributed by atoms with Crippen molar-refractivity contribution in [3.63, 3.8) is 0 Å². The molecule has 35 heavy (non-hydrogen) atoms. The van der Waals surface area contributed by atoms with Gasteiger partial charge in [0.1, 0.15) is 23.3 Å². The molecule has 4 N–H and O–H groups in total. The third kappa shape index (κ3) is 5.09. The number of rotatable bonds is 7. The summed E-state index contributed by atoms with van der Waals surface area (Å²) in [5.41, 5.74) is 6.43. The van der Waals surface area contributed by atoms with Crippen molar-refractivity contribution in [2.75, 3.05) is 29.9 Å². The second kappa shape index (κ2) is 8.87. The summed E-state index contributed by atoms with van der Waals surface area (Å²) in [5.74, 6) is -0.313. The van der Waals surface area contributed by atoms with E-state index in [9.17, 15) is 22.8 Å². The number of primary amides is 1. The highest BCUT2D eigenvalue weighted by atomic mass is 19.4. The van der Waals surface area contributed by atoms with Crippen molar-refractivity contribution >= 4 is 23.6 Å². The maximum atomic E-state index is 12.4. The largest absolute Gasteiger partial charge is 0.573 e. The number of carbonyl (C=O) groups is 2. The van der Waals surface area contributed by atoms with E-state index in [1.165, 1.54) is 18.2 Å². The molecule has 10 nitrogen and oxygen atoms in total. The van der Waals surface area contributed by atoms with Gasteiger partial charge in [-0.05, 0) is 30.5 Å². The Morgan fingerprint density at radius 3 is 2.57 bits per heavy atom. The number of hydrogen-bond donors (Lipinski definition) is 3. The lowest BCUT2D eigenvalue weighted by atomic mass is 10.2. The zero-order valence-electron chi connectivity index (χ0n) is 18.6. The quantitative estimate of drug-likeness (QED) is 0.528. The summed E-state index contributed by atoms with van der Waals surface area (Å²) in [6.45, 7) is 2.50. The Hall–Kier alpha value is -3.61. The van der Waals surface area contributed by atoms with E-state index in [1.54, 1.807) is 12.1 Å². The van der Waals surface area contributed by atoms with Crippen LogP contribution in [-0.2, 0) is 11.3 Å². The summed E-state index contributed by atoms with van der Waals surface area (Å²) >= 11 is 0. The molecule has 0 aliphatic carbocycles. The topological polar surface area (TPSA) is 126 Å². The molecule has 5 rings (SSSR count). The summed E-state index contributed by atoms with van der Waals surface area (Å²) in [6.07, 6.45) is -3.24. The average molecular weight is 491 g/mol. The number of nitrogens with two attached hydrogens (primary N) is 1. The molecule has 0 radical (unpaired) electrons. The van der Waals surface area contributed by atoms with Crippen LogP contribution in [0.4, 0.5) is 24.9 Å². The first-order valence-corrected chi connectivity index (χ1v) is 11.2. The lowest BCUT2D eigenvalue weighted by Gasteiger charge is -2.34. The Morgan fingerprint density at radius 1 is 1.20 bits per heavy atom. The second-order valence-electron chi connectivity index (χ2n) is 8.90. The molecule has 3 fully saturated rings. The number of likely N-dealkylation sites (tertiary alicyclic amines) is 1. The fourth-order valence-corrected chi connectivity index (χ4v) is 4.89. The Kier molecular flexibility index (Phi) is 5.87. The van der Waals surface area contributed by atoms with Crippen molar-refractivity contribution in [2.45, 2.75) is 43.9 Å². The fraction of sp³-hybridized carbons (Fsp3) is 0.455. The SMILES string of the molecule is NC(=O)c1cc(N[C@H]2CCNC2=O)nc(N2CC3CC2CN3Cc2ccc(OC(F)(F)F)cc2)n1. The molecule has 3 saturated heterocycles. The molecule has 2 amide bonds. The summed E-state index contributed by atoms with van der Waals surface area (Å²) in [7, 11) is 0. The summed E-state index contributed by atoms with van der Waals surface area (Å²) in [6, 6.07) is 7.20. The molecule has 0 saturated carbocycles. The Morgan fingerprint density at radius 2 is 1.97 bits per heavy atom. The van der Waals surface area contributed by atoms with Gasteiger partial charge >= 0.3 is 6.36 Å². The number of halogens is 3. The number of fused-ring (bicyclic) bond motifs is 2. The van der Waals surface area contributed by atoms with Crippen molar-refractivity contribution in [3.8, 4) is 5.75 Å². The van der Waals surface area contributed by atoms with E-state index in [2.05, 4.69) is 30.2 Å². The standard InChI is InChI=1S/C22H24F3N7O3/c23-22(24,25)35-15-3-1-12(2-4-15)9-31-10-14-7-13(31)11-32(14)21-29-17(19(26)33)8-18(30-21)28-16-5-6-27-20(16)34/h1-4,8,13-14,16H,5-7,9-11H2,(H2,26,33)(H,27,34)(H,28,29,30)/t13?,14?,16-/m0/s1. The number of piperazine rings is 1. The molecule has 2 unspecified atom stereocenters. The molecule has 13 heteroatoms. The van der Waals surface area contributed by atoms with Crippen LogP contribution in [0.1, 0.15) is 28.9 Å². The molecule has 1 aromatic heterocycles. The monoisotopic (exact) mass is 491 g/mol. The van der Waals surface area contributed by atoms with E-state index in [4.69, 9.17) is 5.73 Å². The van der Waals surface area contributed by atoms with Crippen molar-refractivity contribution in [1.82, 2.24) is 20.2 Å². The van der Waals surface area contributed by atoms with Crippen LogP contribution in [0, 0.1) is 0 Å². The van der Waals surface area contributed by atoms with E-state index in [0.717, 1.165) is 12.0 Å². The van der Waals surface area contributed by atoms with Crippen LogP contribution >= 0.6 is 0 Å². The molecule has 1 aromatic carbocycles. The van der Waals surface area contributed by atoms with Gasteiger partial charge in [0, 0.05) is 44.3 Å². The van der Waals surface area contributed by atoms with E-state index < -0.39 is 18.3 Å². The van der Waals surface area contributed by atoms with Crippen molar-refractivity contribution in [1.29, 1.82) is 0 Å². The molecular formula is C22H24F3N7O3. The highest BCUT2D eigenvalue weighted by Gasteiger charge is 2.44. The lowest BCUT2D eigenvalue weighted by Crippen LogP contribution is -2.46. The number of nitrogens with one attached hydrogen (secondary N) is 2. The van der Waals surface area contributed by atoms with Crippen LogP contribution in [0.2, 0.25) is 0 Å². The Labute approximate surface area is 198 Å². The number of aromatic nitrogens is 2. The van der Waals surface area contributed by atoms with Gasteiger partial charge in [0.25, 0.3) is 5.91 Å². The number of benzene rings is 1. The van der Waals surface area contributed by atoms with E-state index in [0.29, 0.717) is 44.4 Å². The minimum atomic E-state index is -4.72. The Balaban J connectivity index is 1.26. The predicted octanol–water partition coefficient (Wildman–Crippen LogP) is 1.24. The zero-order valence-corrected chi connectivity index (χ0v) is 18.6. The van der Waals surface area contributed by atoms with Gasteiger partial charge < -0.3 is 26.0 Å². The van der Waals surface area contributed by atoms with E-state index >= 15 is 0 Å². The summed E-state index contributed by atoms with van der Waals surface area (Å²) < 4.78 is 41.0. The number of alkyl halides is 3. The normalized spacial score (nSPS) is 24.0. The van der Waals surface area contributed by atoms with Crippen molar-refractivity contribution in [3.05, 3.63) is 41.6 Å². The van der Waals surface area contributed by atoms with Crippen LogP contribution in [0.15, 0.2) is 30.3 Å². The highest BCUT2D eigenvalue weighted by Crippen LogP contribution is 2.35. The van der Waals surface area contributed by atoms with Gasteiger partial charge in [-0.15, -0.1) is 13.2 Å². The third-order valence-electron chi connectivity index (χ3n) is 6.49. The lowest BCUT2D eigenvalue weighted by molar-refractivity contribution is -0.274. The number of hydrogen-bond acceptors (Lipinski definition) is 8. The predicted molar refractivity (Wildman–Crippen MR) is 119 cm³/mol. The molecule has 3 atom stereocenters. The number of anilines is 2. The van der Waals surface area contributed by atoms with Gasteiger partial charge in [0.15, 0.2) is 0 Å². The zero-order chi connectivity index (χ0) is 24.7. The van der Waals surface area contributed by atoms with Crippen LogP contribution in [-0.4, -0.2) is 70.8 Å². The molecule has 4 heterocycles. The van der Waals surface area contributed by atoms with Gasteiger partial charge in [-0.25, -0.2) is 4.98 Å². The van der Waals surface area contributed by atoms with E-state index in [-0.39, 0.29) is 29.4 Å². The van der Waals surface area contributed by atoms with Gasteiger partial charge in [-0.2, -0.15) is 4.98 Å². The van der Waals surface area contributed by atoms with Gasteiger partial charge in [0.2, 0.25) is 11.9 Å². The first-order chi connectivity index (χ1) is 16.6. The molecule has 186 valence electrons. The summed E-state index contributed by atoms with van der Waals surface area (Å²) in [5, 5.41) is 5.81. The summed E-state index contributed by atoms with van der Waals surface area (Å²) in [4.78, 5) is 37.0. The molecule has 0 spiro atoms.